The van der Waals surface area contributed by atoms with Crippen LogP contribution in [0.2, 0.25) is 0 Å². The summed E-state index contributed by atoms with van der Waals surface area (Å²) in [5.74, 6) is 2.70. The van der Waals surface area contributed by atoms with Crippen molar-refractivity contribution in [3.8, 4) is 23.0 Å². The number of ether oxygens (including phenoxy) is 4. The van der Waals surface area contributed by atoms with Crippen LogP contribution in [0.15, 0.2) is 64.9 Å². The lowest BCUT2D eigenvalue weighted by atomic mass is 10.1. The molecular formula is C24H23N3O6. The van der Waals surface area contributed by atoms with Crippen LogP contribution in [0.5, 0.6) is 23.0 Å². The van der Waals surface area contributed by atoms with Crippen molar-refractivity contribution in [2.24, 2.45) is 4.99 Å². The van der Waals surface area contributed by atoms with E-state index in [2.05, 4.69) is 4.99 Å². The number of carbonyl (C=O) groups is 1. The molecule has 170 valence electrons. The minimum absolute atomic E-state index is 0.0768. The number of hydrogen-bond acceptors (Lipinski definition) is 7. The average Bonchev–Trinajstić information content (AvgIpc) is 3.20. The zero-order valence-electron chi connectivity index (χ0n) is 18.5. The summed E-state index contributed by atoms with van der Waals surface area (Å²) < 4.78 is 22.1. The fraction of sp³-hybridized carbons (Fsp3) is 0.208. The van der Waals surface area contributed by atoms with Crippen molar-refractivity contribution in [2.45, 2.75) is 6.92 Å². The van der Waals surface area contributed by atoms with Crippen molar-refractivity contribution in [1.82, 2.24) is 5.06 Å². The molecule has 1 amide bonds. The molecule has 4 rings (SSSR count). The van der Waals surface area contributed by atoms with Crippen LogP contribution in [0.1, 0.15) is 12.5 Å². The van der Waals surface area contributed by atoms with Crippen LogP contribution in [0, 0.1) is 5.41 Å². The summed E-state index contributed by atoms with van der Waals surface area (Å²) in [4.78, 5) is 21.8. The van der Waals surface area contributed by atoms with Gasteiger partial charge in [0, 0.05) is 12.1 Å². The van der Waals surface area contributed by atoms with Gasteiger partial charge < -0.3 is 23.8 Å². The van der Waals surface area contributed by atoms with Gasteiger partial charge in [0.25, 0.3) is 5.91 Å². The Kier molecular flexibility index (Phi) is 6.30. The molecule has 0 fully saturated rings. The fourth-order valence-corrected chi connectivity index (χ4v) is 3.26. The molecule has 2 heterocycles. The maximum atomic E-state index is 12.4. The summed E-state index contributed by atoms with van der Waals surface area (Å²) in [5, 5.41) is 9.53. The third-order valence-corrected chi connectivity index (χ3v) is 4.83. The van der Waals surface area contributed by atoms with Crippen LogP contribution in [-0.2, 0) is 9.63 Å². The van der Waals surface area contributed by atoms with Crippen molar-refractivity contribution in [2.75, 3.05) is 27.4 Å². The van der Waals surface area contributed by atoms with Gasteiger partial charge in [-0.05, 0) is 42.8 Å². The number of fused-ring (bicyclic) bond motifs is 1. The summed E-state index contributed by atoms with van der Waals surface area (Å²) in [5.41, 5.74) is 0.770. The number of amides is 1. The third kappa shape index (κ3) is 4.82. The number of hydroxylamine groups is 2. The van der Waals surface area contributed by atoms with Gasteiger partial charge in [-0.1, -0.05) is 12.1 Å². The lowest BCUT2D eigenvalue weighted by molar-refractivity contribution is -0.114. The largest absolute Gasteiger partial charge is 0.497 e. The Morgan fingerprint density at radius 3 is 2.61 bits per heavy atom. The molecule has 9 nitrogen and oxygen atoms in total. The van der Waals surface area contributed by atoms with Crippen molar-refractivity contribution in [3.05, 3.63) is 65.4 Å². The highest BCUT2D eigenvalue weighted by Crippen LogP contribution is 2.30. The first kappa shape index (κ1) is 21.9. The Morgan fingerprint density at radius 1 is 1.03 bits per heavy atom. The van der Waals surface area contributed by atoms with Crippen LogP contribution in [0.3, 0.4) is 0 Å². The molecular weight excluding hydrogens is 426 g/mol. The molecule has 0 bridgehead atoms. The zero-order valence-corrected chi connectivity index (χ0v) is 18.5. The maximum Gasteiger partial charge on any atom is 0.282 e. The van der Waals surface area contributed by atoms with E-state index in [0.717, 1.165) is 0 Å². The molecule has 0 atom stereocenters. The SMILES string of the molecule is COc1cccc(OCCOc2ccc(/C=C3/C(=N)N4OC(C)=CC4=NC3=O)cc2OC)c1. The van der Waals surface area contributed by atoms with Gasteiger partial charge in [-0.3, -0.25) is 10.2 Å². The number of carbonyl (C=O) groups excluding carboxylic acids is 1. The van der Waals surface area contributed by atoms with Gasteiger partial charge >= 0.3 is 0 Å². The van der Waals surface area contributed by atoms with Crippen molar-refractivity contribution < 1.29 is 28.6 Å². The molecule has 0 aliphatic carbocycles. The quantitative estimate of drug-likeness (QED) is 0.485. The standard InChI is InChI=1S/C24H23N3O6/c1-15-11-22-26-24(28)19(23(25)27(22)33-15)12-16-7-8-20(21(13-16)30-3)32-10-9-31-18-6-4-5-17(14-18)29-2/h4-8,11-14,25H,9-10H2,1-3H3/b19-12-,25-23?. The Hall–Kier alpha value is -4.27. The van der Waals surface area contributed by atoms with E-state index in [1.165, 1.54) is 12.2 Å². The van der Waals surface area contributed by atoms with Gasteiger partial charge in [-0.15, -0.1) is 5.06 Å². The van der Waals surface area contributed by atoms with E-state index >= 15 is 0 Å². The third-order valence-electron chi connectivity index (χ3n) is 4.83. The van der Waals surface area contributed by atoms with Crippen LogP contribution in [0.4, 0.5) is 0 Å². The minimum atomic E-state index is -0.505. The summed E-state index contributed by atoms with van der Waals surface area (Å²) >= 11 is 0. The Labute approximate surface area is 191 Å². The highest BCUT2D eigenvalue weighted by Gasteiger charge is 2.34. The van der Waals surface area contributed by atoms with Crippen LogP contribution in [-0.4, -0.2) is 50.1 Å². The molecule has 0 saturated heterocycles. The van der Waals surface area contributed by atoms with Crippen LogP contribution < -0.4 is 18.9 Å². The lowest BCUT2D eigenvalue weighted by Gasteiger charge is -2.23. The number of allylic oxidation sites excluding steroid dienone is 1. The van der Waals surface area contributed by atoms with Gasteiger partial charge in [-0.2, -0.15) is 4.99 Å². The molecule has 0 unspecified atom stereocenters. The second-order valence-corrected chi connectivity index (χ2v) is 7.11. The highest BCUT2D eigenvalue weighted by atomic mass is 16.7. The van der Waals surface area contributed by atoms with Crippen molar-refractivity contribution in [1.29, 1.82) is 5.41 Å². The first-order valence-corrected chi connectivity index (χ1v) is 10.2. The molecule has 2 aromatic carbocycles. The Morgan fingerprint density at radius 2 is 1.82 bits per heavy atom. The second-order valence-electron chi connectivity index (χ2n) is 7.11. The first-order chi connectivity index (χ1) is 16.0. The number of aliphatic imine (C=N–C) groups is 1. The van der Waals surface area contributed by atoms with Gasteiger partial charge in [0.1, 0.15) is 30.5 Å². The maximum absolute atomic E-state index is 12.4. The zero-order chi connectivity index (χ0) is 23.4. The monoisotopic (exact) mass is 449 g/mol. The number of benzene rings is 2. The molecule has 33 heavy (non-hydrogen) atoms. The van der Waals surface area contributed by atoms with E-state index < -0.39 is 5.91 Å². The summed E-state index contributed by atoms with van der Waals surface area (Å²) in [6.07, 6.45) is 3.18. The predicted octanol–water partition coefficient (Wildman–Crippen LogP) is 3.61. The minimum Gasteiger partial charge on any atom is -0.497 e. The molecule has 0 spiro atoms. The molecule has 1 N–H and O–H groups in total. The van der Waals surface area contributed by atoms with Crippen LogP contribution >= 0.6 is 0 Å². The summed E-state index contributed by atoms with van der Waals surface area (Å²) in [6, 6.07) is 12.6. The normalized spacial score (nSPS) is 16.1. The molecule has 9 heteroatoms. The Bertz CT molecular complexity index is 1180. The van der Waals surface area contributed by atoms with Gasteiger partial charge in [0.2, 0.25) is 0 Å². The molecule has 2 aromatic rings. The van der Waals surface area contributed by atoms with Crippen LogP contribution in [0.25, 0.3) is 6.08 Å². The molecule has 2 aliphatic heterocycles. The Balaban J connectivity index is 1.42. The topological polar surface area (TPSA) is 103 Å². The van der Waals surface area contributed by atoms with Gasteiger partial charge in [0.15, 0.2) is 23.2 Å². The van der Waals surface area contributed by atoms with E-state index in [1.54, 1.807) is 50.5 Å². The first-order valence-electron chi connectivity index (χ1n) is 10.2. The molecule has 0 saturated carbocycles. The van der Waals surface area contributed by atoms with E-state index in [-0.39, 0.29) is 11.4 Å². The predicted molar refractivity (Wildman–Crippen MR) is 122 cm³/mol. The number of rotatable bonds is 8. The van der Waals surface area contributed by atoms with Crippen molar-refractivity contribution >= 4 is 23.7 Å². The number of hydrogen-bond donors (Lipinski definition) is 1. The number of amidine groups is 2. The molecule has 2 aliphatic rings. The summed E-state index contributed by atoms with van der Waals surface area (Å²) in [6.45, 7) is 2.36. The smallest absolute Gasteiger partial charge is 0.282 e. The number of methoxy groups -OCH3 is 2. The van der Waals surface area contributed by atoms with E-state index in [0.29, 0.717) is 53.4 Å². The van der Waals surface area contributed by atoms with E-state index in [4.69, 9.17) is 29.2 Å². The average molecular weight is 449 g/mol. The molecule has 0 aromatic heterocycles. The summed E-state index contributed by atoms with van der Waals surface area (Å²) in [7, 11) is 3.13. The lowest BCUT2D eigenvalue weighted by Crippen LogP contribution is -2.38. The highest BCUT2D eigenvalue weighted by molar-refractivity contribution is 6.32. The van der Waals surface area contributed by atoms with Gasteiger partial charge in [0.05, 0.1) is 19.8 Å². The van der Waals surface area contributed by atoms with E-state index in [1.807, 2.05) is 18.2 Å². The number of nitrogens with one attached hydrogen (secondary N) is 1. The second kappa shape index (κ2) is 9.47. The van der Waals surface area contributed by atoms with Crippen molar-refractivity contribution in [3.63, 3.8) is 0 Å². The van der Waals surface area contributed by atoms with Gasteiger partial charge in [-0.25, -0.2) is 0 Å². The molecule has 0 radical (unpaired) electrons. The van der Waals surface area contributed by atoms with E-state index in [9.17, 15) is 4.79 Å². The number of nitrogens with zero attached hydrogens (tertiary/aromatic N) is 2. The fourth-order valence-electron chi connectivity index (χ4n) is 3.26.